The fourth-order valence-electron chi connectivity index (χ4n) is 3.45. The third kappa shape index (κ3) is 23.4. The molecule has 0 rings (SSSR count). The molecule has 5 unspecified atom stereocenters. The van der Waals surface area contributed by atoms with Crippen molar-refractivity contribution in [2.24, 2.45) is 5.73 Å². The van der Waals surface area contributed by atoms with Gasteiger partial charge in [-0.05, 0) is 32.1 Å². The molecule has 5 atom stereocenters. The van der Waals surface area contributed by atoms with Gasteiger partial charge in [-0.15, -0.1) is 11.8 Å². The van der Waals surface area contributed by atoms with E-state index < -0.39 is 65.8 Å². The van der Waals surface area contributed by atoms with E-state index in [1.54, 1.807) is 60.8 Å². The van der Waals surface area contributed by atoms with Crippen LogP contribution in [0.15, 0.2) is 72.9 Å². The number of aliphatic carboxylic acids is 3. The standard InChI is InChI=1S/C32H47N3O10S/c1-2-3-9-14-23(36)15-10-6-4-5-7-12-17-27(26(37)16-11-8-13-18-29(39)40)46-22-25(31(43)34-21-30(41)42)35-28(38)20-19-24(33)32(44)45/h3-12,15,17,23-27,36-37H,2,13-14,16,18-22,33H2,1H3,(H,34,43)(H,35,38)(H,39,40)(H,41,42)(H,44,45). The second-order valence-corrected chi connectivity index (χ2v) is 11.2. The monoisotopic (exact) mass is 665 g/mol. The summed E-state index contributed by atoms with van der Waals surface area (Å²) in [5.74, 6) is -5.02. The number of amides is 2. The van der Waals surface area contributed by atoms with Crippen LogP contribution in [0.1, 0.15) is 51.9 Å². The first-order valence-corrected chi connectivity index (χ1v) is 15.9. The van der Waals surface area contributed by atoms with E-state index in [-0.39, 0.29) is 37.9 Å². The van der Waals surface area contributed by atoms with Gasteiger partial charge < -0.3 is 41.9 Å². The van der Waals surface area contributed by atoms with E-state index in [9.17, 15) is 34.2 Å². The van der Waals surface area contributed by atoms with Crippen LogP contribution in [0.2, 0.25) is 0 Å². The molecule has 0 aromatic carbocycles. The van der Waals surface area contributed by atoms with Gasteiger partial charge in [0, 0.05) is 23.8 Å². The second-order valence-electron chi connectivity index (χ2n) is 9.94. The Morgan fingerprint density at radius 3 is 2.04 bits per heavy atom. The number of carboxylic acids is 3. The zero-order valence-electron chi connectivity index (χ0n) is 25.9. The van der Waals surface area contributed by atoms with E-state index in [2.05, 4.69) is 10.6 Å². The molecule has 0 radical (unpaired) electrons. The van der Waals surface area contributed by atoms with Crippen molar-refractivity contribution in [3.05, 3.63) is 72.9 Å². The Labute approximate surface area is 273 Å². The van der Waals surface area contributed by atoms with Crippen molar-refractivity contribution in [3.8, 4) is 0 Å². The van der Waals surface area contributed by atoms with E-state index >= 15 is 0 Å². The molecule has 0 aliphatic carbocycles. The van der Waals surface area contributed by atoms with Gasteiger partial charge in [0.25, 0.3) is 0 Å². The minimum atomic E-state index is -1.29. The fourth-order valence-corrected chi connectivity index (χ4v) is 4.63. The maximum Gasteiger partial charge on any atom is 0.322 e. The number of rotatable bonds is 25. The highest BCUT2D eigenvalue weighted by Crippen LogP contribution is 2.21. The molecule has 0 heterocycles. The molecule has 0 aromatic heterocycles. The van der Waals surface area contributed by atoms with E-state index in [1.807, 2.05) is 19.1 Å². The second kappa shape index (κ2) is 26.3. The maximum absolute atomic E-state index is 12.7. The Kier molecular flexibility index (Phi) is 24.0. The smallest absolute Gasteiger partial charge is 0.322 e. The van der Waals surface area contributed by atoms with Crippen LogP contribution in [0, 0.1) is 0 Å². The van der Waals surface area contributed by atoms with Crippen LogP contribution in [-0.4, -0.2) is 97.1 Å². The lowest BCUT2D eigenvalue weighted by atomic mass is 10.1. The van der Waals surface area contributed by atoms with Gasteiger partial charge in [-0.3, -0.25) is 24.0 Å². The Hall–Kier alpha value is -3.98. The van der Waals surface area contributed by atoms with Gasteiger partial charge in [0.15, 0.2) is 0 Å². The van der Waals surface area contributed by atoms with Gasteiger partial charge in [-0.25, -0.2) is 0 Å². The predicted molar refractivity (Wildman–Crippen MR) is 177 cm³/mol. The average Bonchev–Trinajstić information content (AvgIpc) is 3.00. The summed E-state index contributed by atoms with van der Waals surface area (Å²) in [4.78, 5) is 57.8. The Balaban J connectivity index is 5.59. The Bertz CT molecular complexity index is 1130. The quantitative estimate of drug-likeness (QED) is 0.0517. The van der Waals surface area contributed by atoms with Gasteiger partial charge >= 0.3 is 17.9 Å². The van der Waals surface area contributed by atoms with Crippen molar-refractivity contribution < 1.29 is 49.5 Å². The van der Waals surface area contributed by atoms with E-state index in [4.69, 9.17) is 21.1 Å². The number of aliphatic hydroxyl groups excluding tert-OH is 2. The van der Waals surface area contributed by atoms with Crippen molar-refractivity contribution in [1.82, 2.24) is 10.6 Å². The minimum absolute atomic E-state index is 0.0583. The number of aliphatic hydroxyl groups is 2. The van der Waals surface area contributed by atoms with Crippen molar-refractivity contribution in [2.45, 2.75) is 81.4 Å². The largest absolute Gasteiger partial charge is 0.481 e. The van der Waals surface area contributed by atoms with Crippen LogP contribution in [0.3, 0.4) is 0 Å². The van der Waals surface area contributed by atoms with E-state index in [1.165, 1.54) is 0 Å². The highest BCUT2D eigenvalue weighted by atomic mass is 32.2. The number of hydrogen-bond donors (Lipinski definition) is 8. The molecule has 14 heteroatoms. The minimum Gasteiger partial charge on any atom is -0.481 e. The highest BCUT2D eigenvalue weighted by Gasteiger charge is 2.25. The summed E-state index contributed by atoms with van der Waals surface area (Å²) < 4.78 is 0. The van der Waals surface area contributed by atoms with Crippen LogP contribution in [0.4, 0.5) is 0 Å². The molecule has 0 fully saturated rings. The van der Waals surface area contributed by atoms with Crippen molar-refractivity contribution in [1.29, 1.82) is 0 Å². The zero-order valence-corrected chi connectivity index (χ0v) is 26.8. The van der Waals surface area contributed by atoms with Crippen molar-refractivity contribution >= 4 is 41.5 Å². The topological polar surface area (TPSA) is 237 Å². The van der Waals surface area contributed by atoms with Crippen LogP contribution >= 0.6 is 11.8 Å². The molecule has 2 amide bonds. The lowest BCUT2D eigenvalue weighted by Gasteiger charge is -2.23. The molecule has 0 saturated carbocycles. The van der Waals surface area contributed by atoms with E-state index in [0.29, 0.717) is 6.42 Å². The summed E-state index contributed by atoms with van der Waals surface area (Å²) in [5.41, 5.74) is 5.44. The van der Waals surface area contributed by atoms with Gasteiger partial charge in [0.1, 0.15) is 18.6 Å². The Morgan fingerprint density at radius 2 is 1.43 bits per heavy atom. The SMILES string of the molecule is CCC=CCC(O)C=CC=CC=CC=CC(SCC(NC(=O)CCC(N)C(=O)O)C(=O)NCC(=O)O)C(O)CC=CCCC(=O)O. The summed E-state index contributed by atoms with van der Waals surface area (Å²) in [6, 6.07) is -2.48. The number of allylic oxidation sites excluding steroid dienone is 8. The van der Waals surface area contributed by atoms with Crippen LogP contribution < -0.4 is 16.4 Å². The third-order valence-electron chi connectivity index (χ3n) is 5.94. The van der Waals surface area contributed by atoms with E-state index in [0.717, 1.165) is 18.2 Å². The molecule has 0 aromatic rings. The normalized spacial score (nSPS) is 15.6. The predicted octanol–water partition coefficient (Wildman–Crippen LogP) is 2.08. The summed E-state index contributed by atoms with van der Waals surface area (Å²) >= 11 is 1.12. The van der Waals surface area contributed by atoms with Crippen LogP contribution in [0.25, 0.3) is 0 Å². The number of nitrogens with one attached hydrogen (secondary N) is 2. The fraction of sp³-hybridized carbons (Fsp3) is 0.469. The molecule has 0 spiro atoms. The first-order valence-electron chi connectivity index (χ1n) is 14.8. The summed E-state index contributed by atoms with van der Waals surface area (Å²) in [6.07, 6.45) is 20.7. The first kappa shape index (κ1) is 42.0. The number of thioether (sulfide) groups is 1. The average molecular weight is 666 g/mol. The lowest BCUT2D eigenvalue weighted by molar-refractivity contribution is -0.139. The molecule has 46 heavy (non-hydrogen) atoms. The molecule has 0 bridgehead atoms. The first-order chi connectivity index (χ1) is 21.9. The summed E-state index contributed by atoms with van der Waals surface area (Å²) in [6.45, 7) is 1.33. The zero-order chi connectivity index (χ0) is 34.7. The van der Waals surface area contributed by atoms with Crippen LogP contribution in [-0.2, 0) is 24.0 Å². The number of nitrogens with two attached hydrogens (primary N) is 1. The van der Waals surface area contributed by atoms with Gasteiger partial charge in [-0.2, -0.15) is 0 Å². The Morgan fingerprint density at radius 1 is 0.804 bits per heavy atom. The number of carbonyl (C=O) groups excluding carboxylic acids is 2. The van der Waals surface area contributed by atoms with Gasteiger partial charge in [0.05, 0.1) is 12.2 Å². The van der Waals surface area contributed by atoms with Gasteiger partial charge in [0.2, 0.25) is 11.8 Å². The molecule has 9 N–H and O–H groups in total. The molecule has 13 nitrogen and oxygen atoms in total. The number of carbonyl (C=O) groups is 5. The molecule has 0 aliphatic rings. The molecule has 0 aliphatic heterocycles. The maximum atomic E-state index is 12.7. The van der Waals surface area contributed by atoms with Crippen molar-refractivity contribution in [2.75, 3.05) is 12.3 Å². The molecule has 256 valence electrons. The van der Waals surface area contributed by atoms with Crippen molar-refractivity contribution in [3.63, 3.8) is 0 Å². The third-order valence-corrected chi connectivity index (χ3v) is 7.32. The highest BCUT2D eigenvalue weighted by molar-refractivity contribution is 8.00. The van der Waals surface area contributed by atoms with Crippen LogP contribution in [0.5, 0.6) is 0 Å². The summed E-state index contributed by atoms with van der Waals surface area (Å²) in [5, 5.41) is 51.5. The molecular weight excluding hydrogens is 618 g/mol. The van der Waals surface area contributed by atoms with Gasteiger partial charge in [-0.1, -0.05) is 79.8 Å². The number of hydrogen-bond acceptors (Lipinski definition) is 9. The summed E-state index contributed by atoms with van der Waals surface area (Å²) in [7, 11) is 0. The molecular formula is C32H47N3O10S. The lowest BCUT2D eigenvalue weighted by Crippen LogP contribution is -2.50. The molecule has 0 saturated heterocycles. The number of carboxylic acid groups (broad SMARTS) is 3.